The Balaban J connectivity index is 1.11. The molecule has 0 radical (unpaired) electrons. The molecule has 0 bridgehead atoms. The lowest BCUT2D eigenvalue weighted by molar-refractivity contribution is -0.149. The zero-order valence-electron chi connectivity index (χ0n) is 20.6. The summed E-state index contributed by atoms with van der Waals surface area (Å²) in [5, 5.41) is 5.87. The van der Waals surface area contributed by atoms with Gasteiger partial charge in [0.1, 0.15) is 52.9 Å². The number of halogens is 1. The summed E-state index contributed by atoms with van der Waals surface area (Å²) >= 11 is 8.09. The summed E-state index contributed by atoms with van der Waals surface area (Å²) in [7, 11) is 0. The molecule has 2 saturated heterocycles. The van der Waals surface area contributed by atoms with Crippen molar-refractivity contribution in [3.05, 3.63) is 54.1 Å². The molecule has 1 aromatic carbocycles. The Morgan fingerprint density at radius 3 is 2.84 bits per heavy atom. The van der Waals surface area contributed by atoms with Gasteiger partial charge in [-0.15, -0.1) is 11.8 Å². The molecular weight excluding hydrogens is 510 g/mol. The molecule has 0 spiro atoms. The number of aromatic nitrogens is 4. The normalized spacial score (nSPS) is 26.6. The maximum Gasteiger partial charge on any atom is 0.163 e. The minimum atomic E-state index is -0.668. The number of anilines is 1. The van der Waals surface area contributed by atoms with Crippen LogP contribution >= 0.6 is 23.4 Å². The first-order valence-corrected chi connectivity index (χ1v) is 14.0. The van der Waals surface area contributed by atoms with Crippen LogP contribution in [0.3, 0.4) is 0 Å². The van der Waals surface area contributed by atoms with Gasteiger partial charge in [0.15, 0.2) is 5.79 Å². The molecule has 37 heavy (non-hydrogen) atoms. The van der Waals surface area contributed by atoms with Gasteiger partial charge >= 0.3 is 0 Å². The Bertz CT molecular complexity index is 1480. The van der Waals surface area contributed by atoms with Gasteiger partial charge in [0.05, 0.1) is 16.2 Å². The summed E-state index contributed by atoms with van der Waals surface area (Å²) in [5.74, 6) is 1.84. The molecule has 4 aromatic rings. The number of nitrogens with zero attached hydrogens (tertiary/aromatic N) is 4. The largest absolute Gasteiger partial charge is 0.492 e. The predicted molar refractivity (Wildman–Crippen MR) is 145 cm³/mol. The van der Waals surface area contributed by atoms with Crippen LogP contribution in [-0.2, 0) is 9.47 Å². The molecular formula is C27H28ClN5O3S. The molecule has 5 heterocycles. The first-order chi connectivity index (χ1) is 17.9. The van der Waals surface area contributed by atoms with Crippen molar-refractivity contribution in [2.75, 3.05) is 18.5 Å². The second-order valence-electron chi connectivity index (χ2n) is 10.4. The fourth-order valence-corrected chi connectivity index (χ4v) is 6.92. The Kier molecular flexibility index (Phi) is 5.73. The minimum absolute atomic E-state index is 0.0257. The van der Waals surface area contributed by atoms with E-state index in [1.807, 2.05) is 44.3 Å². The van der Waals surface area contributed by atoms with Crippen LogP contribution < -0.4 is 10.1 Å². The molecule has 1 aliphatic carbocycles. The van der Waals surface area contributed by atoms with Crippen LogP contribution in [0.5, 0.6) is 5.75 Å². The number of hydrogen-bond acceptors (Lipinski definition) is 8. The van der Waals surface area contributed by atoms with Crippen molar-refractivity contribution < 1.29 is 14.2 Å². The molecule has 1 N–H and O–H groups in total. The SMILES string of the molecule is CC1(C)O[C@@H]2[C@H](O1)[C@@H](COc1ccc3ccc(NCC4CC4)nc3c1)S[C@H]2n1ccc2c(Cl)ncnc21. The Labute approximate surface area is 224 Å². The third-order valence-electron chi connectivity index (χ3n) is 7.21. The lowest BCUT2D eigenvalue weighted by Gasteiger charge is -2.24. The van der Waals surface area contributed by atoms with Crippen LogP contribution in [0.4, 0.5) is 5.82 Å². The molecule has 7 rings (SSSR count). The van der Waals surface area contributed by atoms with E-state index >= 15 is 0 Å². The van der Waals surface area contributed by atoms with Gasteiger partial charge in [-0.2, -0.15) is 0 Å². The van der Waals surface area contributed by atoms with Crippen LogP contribution in [0.2, 0.25) is 5.15 Å². The molecule has 2 aliphatic heterocycles. The molecule has 8 nitrogen and oxygen atoms in total. The Morgan fingerprint density at radius 1 is 1.14 bits per heavy atom. The van der Waals surface area contributed by atoms with Gasteiger partial charge in [-0.3, -0.25) is 0 Å². The molecule has 3 aliphatic rings. The topological polar surface area (TPSA) is 83.3 Å². The quantitative estimate of drug-likeness (QED) is 0.302. The van der Waals surface area contributed by atoms with Crippen molar-refractivity contribution in [3.8, 4) is 5.75 Å². The highest BCUT2D eigenvalue weighted by molar-refractivity contribution is 8.00. The number of nitrogens with one attached hydrogen (secondary N) is 1. The van der Waals surface area contributed by atoms with E-state index in [4.69, 9.17) is 30.8 Å². The molecule has 4 atom stereocenters. The van der Waals surface area contributed by atoms with E-state index in [9.17, 15) is 0 Å². The van der Waals surface area contributed by atoms with E-state index in [0.717, 1.165) is 46.0 Å². The summed E-state index contributed by atoms with van der Waals surface area (Å²) in [6, 6.07) is 12.2. The highest BCUT2D eigenvalue weighted by atomic mass is 35.5. The molecule has 1 saturated carbocycles. The summed E-state index contributed by atoms with van der Waals surface area (Å²) in [4.78, 5) is 13.4. The summed E-state index contributed by atoms with van der Waals surface area (Å²) in [5.41, 5.74) is 1.71. The predicted octanol–water partition coefficient (Wildman–Crippen LogP) is 5.67. The molecule has 3 aromatic heterocycles. The van der Waals surface area contributed by atoms with Crippen molar-refractivity contribution in [2.24, 2.45) is 5.92 Å². The Morgan fingerprint density at radius 2 is 1.97 bits per heavy atom. The van der Waals surface area contributed by atoms with Gasteiger partial charge in [-0.05, 0) is 62.9 Å². The number of rotatable bonds is 7. The van der Waals surface area contributed by atoms with Gasteiger partial charge in [0.2, 0.25) is 0 Å². The lowest BCUT2D eigenvalue weighted by Crippen LogP contribution is -2.32. The fraction of sp³-hybridized carbons (Fsp3) is 0.444. The monoisotopic (exact) mass is 537 g/mol. The summed E-state index contributed by atoms with van der Waals surface area (Å²) < 4.78 is 21.2. The maximum atomic E-state index is 6.37. The van der Waals surface area contributed by atoms with Gasteiger partial charge in [0.25, 0.3) is 0 Å². The second-order valence-corrected chi connectivity index (χ2v) is 12.2. The van der Waals surface area contributed by atoms with Crippen molar-refractivity contribution in [2.45, 2.75) is 55.3 Å². The maximum absolute atomic E-state index is 6.37. The average molecular weight is 538 g/mol. The highest BCUT2D eigenvalue weighted by Crippen LogP contribution is 2.51. The van der Waals surface area contributed by atoms with Crippen LogP contribution in [0, 0.1) is 5.92 Å². The van der Waals surface area contributed by atoms with Crippen molar-refractivity contribution >= 4 is 51.1 Å². The van der Waals surface area contributed by atoms with E-state index in [1.165, 1.54) is 19.2 Å². The highest BCUT2D eigenvalue weighted by Gasteiger charge is 2.55. The smallest absolute Gasteiger partial charge is 0.163 e. The van der Waals surface area contributed by atoms with Crippen LogP contribution in [0.15, 0.2) is 48.9 Å². The van der Waals surface area contributed by atoms with Crippen LogP contribution in [-0.4, -0.2) is 55.9 Å². The standard InChI is InChI=1S/C27H28ClN5O3S/c1-27(2)35-22-20(37-26(23(22)36-27)33-10-9-18-24(28)30-14-31-25(18)33)13-34-17-7-5-16-6-8-21(32-19(16)11-17)29-12-15-3-4-15/h5-11,14-15,20,22-23,26H,3-4,12-13H2,1-2H3,(H,29,32)/t20-,22-,23-,26-/m1/s1. The molecule has 192 valence electrons. The molecule has 10 heteroatoms. The van der Waals surface area contributed by atoms with Crippen molar-refractivity contribution in [3.63, 3.8) is 0 Å². The number of benzene rings is 1. The zero-order chi connectivity index (χ0) is 25.1. The number of hydrogen-bond donors (Lipinski definition) is 1. The van der Waals surface area contributed by atoms with E-state index in [0.29, 0.717) is 11.8 Å². The fourth-order valence-electron chi connectivity index (χ4n) is 5.20. The number of pyridine rings is 1. The third kappa shape index (κ3) is 4.52. The van der Waals surface area contributed by atoms with Gasteiger partial charge < -0.3 is 24.1 Å². The van der Waals surface area contributed by atoms with Crippen molar-refractivity contribution in [1.29, 1.82) is 0 Å². The van der Waals surface area contributed by atoms with Crippen LogP contribution in [0.1, 0.15) is 32.1 Å². The molecule has 3 fully saturated rings. The van der Waals surface area contributed by atoms with Crippen LogP contribution in [0.25, 0.3) is 21.9 Å². The number of fused-ring (bicyclic) bond motifs is 3. The lowest BCUT2D eigenvalue weighted by atomic mass is 10.1. The Hall–Kier alpha value is -2.59. The minimum Gasteiger partial charge on any atom is -0.492 e. The van der Waals surface area contributed by atoms with E-state index < -0.39 is 5.79 Å². The van der Waals surface area contributed by atoms with Gasteiger partial charge in [-0.1, -0.05) is 11.6 Å². The molecule has 0 amide bonds. The van der Waals surface area contributed by atoms with Gasteiger partial charge in [-0.25, -0.2) is 15.0 Å². The van der Waals surface area contributed by atoms with Gasteiger partial charge in [0, 0.05) is 24.2 Å². The first-order valence-electron chi connectivity index (χ1n) is 12.7. The zero-order valence-corrected chi connectivity index (χ0v) is 22.2. The third-order valence-corrected chi connectivity index (χ3v) is 9.04. The van der Waals surface area contributed by atoms with E-state index in [-0.39, 0.29) is 22.8 Å². The number of ether oxygens (including phenoxy) is 3. The average Bonchev–Trinajstić information content (AvgIpc) is 3.41. The summed E-state index contributed by atoms with van der Waals surface area (Å²) in [6.07, 6.45) is 5.87. The van der Waals surface area contributed by atoms with Crippen molar-refractivity contribution in [1.82, 2.24) is 19.5 Å². The number of thioether (sulfide) groups is 1. The summed E-state index contributed by atoms with van der Waals surface area (Å²) in [6.45, 7) is 5.40. The molecule has 0 unspecified atom stereocenters. The van der Waals surface area contributed by atoms with E-state index in [1.54, 1.807) is 11.8 Å². The van der Waals surface area contributed by atoms with E-state index in [2.05, 4.69) is 32.0 Å². The second kappa shape index (κ2) is 9.01. The first kappa shape index (κ1) is 23.5.